The lowest BCUT2D eigenvalue weighted by molar-refractivity contribution is -0.131. The van der Waals surface area contributed by atoms with Crippen molar-refractivity contribution in [1.29, 1.82) is 0 Å². The Balaban J connectivity index is 2.15. The Morgan fingerprint density at radius 2 is 1.67 bits per heavy atom. The predicted octanol–water partition coefficient (Wildman–Crippen LogP) is 4.85. The Morgan fingerprint density at radius 3 is 2.19 bits per heavy atom. The van der Waals surface area contributed by atoms with Crippen LogP contribution in [0.15, 0.2) is 42.5 Å². The van der Waals surface area contributed by atoms with Gasteiger partial charge in [-0.05, 0) is 60.9 Å². The molecule has 0 spiro atoms. The van der Waals surface area contributed by atoms with E-state index in [9.17, 15) is 4.79 Å². The minimum atomic E-state index is -0.970. The second kappa shape index (κ2) is 6.46. The first-order chi connectivity index (χ1) is 9.95. The molecule has 0 atom stereocenters. The summed E-state index contributed by atoms with van der Waals surface area (Å²) in [6.07, 6.45) is 2.63. The van der Waals surface area contributed by atoms with E-state index >= 15 is 0 Å². The van der Waals surface area contributed by atoms with Crippen LogP contribution in [-0.2, 0) is 4.79 Å². The molecule has 0 radical (unpaired) electrons. The van der Waals surface area contributed by atoms with Gasteiger partial charge in [-0.1, -0.05) is 23.7 Å². The van der Waals surface area contributed by atoms with Crippen LogP contribution in [-0.4, -0.2) is 11.1 Å². The van der Waals surface area contributed by atoms with Gasteiger partial charge in [-0.25, -0.2) is 4.79 Å². The van der Waals surface area contributed by atoms with Gasteiger partial charge in [-0.2, -0.15) is 0 Å². The molecule has 0 fully saturated rings. The Morgan fingerprint density at radius 1 is 1.10 bits per heavy atom. The number of ether oxygens (including phenoxy) is 1. The Hall–Kier alpha value is -2.26. The molecule has 21 heavy (non-hydrogen) atoms. The van der Waals surface area contributed by atoms with Gasteiger partial charge < -0.3 is 9.84 Å². The second-order valence-corrected chi connectivity index (χ2v) is 5.09. The number of hydrogen-bond donors (Lipinski definition) is 1. The van der Waals surface area contributed by atoms with Crippen molar-refractivity contribution in [1.82, 2.24) is 0 Å². The summed E-state index contributed by atoms with van der Waals surface area (Å²) in [5, 5.41) is 9.32. The zero-order chi connectivity index (χ0) is 15.4. The number of hydrogen-bond acceptors (Lipinski definition) is 2. The van der Waals surface area contributed by atoms with Gasteiger partial charge in [0, 0.05) is 11.1 Å². The molecule has 0 aromatic heterocycles. The van der Waals surface area contributed by atoms with E-state index in [1.165, 1.54) is 6.08 Å². The van der Waals surface area contributed by atoms with Crippen LogP contribution < -0.4 is 4.74 Å². The number of aliphatic carboxylic acids is 1. The molecule has 2 aromatic carbocycles. The Labute approximate surface area is 128 Å². The monoisotopic (exact) mass is 302 g/mol. The smallest absolute Gasteiger partial charge is 0.328 e. The van der Waals surface area contributed by atoms with Gasteiger partial charge in [0.05, 0.1) is 0 Å². The van der Waals surface area contributed by atoms with Crippen LogP contribution in [0, 0.1) is 13.8 Å². The van der Waals surface area contributed by atoms with Gasteiger partial charge in [0.2, 0.25) is 0 Å². The first-order valence-electron chi connectivity index (χ1n) is 6.41. The summed E-state index contributed by atoms with van der Waals surface area (Å²) >= 11 is 6.12. The van der Waals surface area contributed by atoms with E-state index in [1.54, 1.807) is 24.3 Å². The number of benzene rings is 2. The third-order valence-corrected chi connectivity index (χ3v) is 3.54. The standard InChI is InChI=1S/C17H15ClO3/c1-11-9-15(10-12(2)17(11)18)21-14-6-3-13(4-7-14)5-8-16(19)20/h3-10H,1-2H3,(H,19,20). The number of carboxylic acids is 1. The summed E-state index contributed by atoms with van der Waals surface area (Å²) in [6, 6.07) is 10.9. The molecule has 0 saturated carbocycles. The van der Waals surface area contributed by atoms with Crippen LogP contribution in [0.4, 0.5) is 0 Å². The molecule has 0 saturated heterocycles. The Bertz CT molecular complexity index is 665. The molecule has 4 heteroatoms. The van der Waals surface area contributed by atoms with Crippen LogP contribution in [0.3, 0.4) is 0 Å². The molecular formula is C17H15ClO3. The first kappa shape index (κ1) is 15.1. The number of rotatable bonds is 4. The molecule has 0 bridgehead atoms. The number of halogens is 1. The minimum absolute atomic E-state index is 0.684. The summed E-state index contributed by atoms with van der Waals surface area (Å²) in [6.45, 7) is 3.87. The molecular weight excluding hydrogens is 288 g/mol. The first-order valence-corrected chi connectivity index (χ1v) is 6.79. The maximum absolute atomic E-state index is 10.4. The number of carbonyl (C=O) groups is 1. The maximum Gasteiger partial charge on any atom is 0.328 e. The second-order valence-electron chi connectivity index (χ2n) is 4.71. The fourth-order valence-corrected chi connectivity index (χ4v) is 2.02. The zero-order valence-corrected chi connectivity index (χ0v) is 12.5. The van der Waals surface area contributed by atoms with Gasteiger partial charge in [0.15, 0.2) is 0 Å². The normalized spacial score (nSPS) is 10.8. The lowest BCUT2D eigenvalue weighted by Gasteiger charge is -2.09. The van der Waals surface area contributed by atoms with Crippen molar-refractivity contribution in [3.8, 4) is 11.5 Å². The SMILES string of the molecule is Cc1cc(Oc2ccc(C=CC(=O)O)cc2)cc(C)c1Cl. The van der Waals surface area contributed by atoms with E-state index in [4.69, 9.17) is 21.4 Å². The highest BCUT2D eigenvalue weighted by molar-refractivity contribution is 6.32. The molecule has 0 unspecified atom stereocenters. The van der Waals surface area contributed by atoms with E-state index in [1.807, 2.05) is 26.0 Å². The van der Waals surface area contributed by atoms with E-state index in [0.29, 0.717) is 5.75 Å². The van der Waals surface area contributed by atoms with Crippen LogP contribution in [0.5, 0.6) is 11.5 Å². The van der Waals surface area contributed by atoms with Crippen molar-refractivity contribution in [2.24, 2.45) is 0 Å². The molecule has 108 valence electrons. The van der Waals surface area contributed by atoms with Crippen molar-refractivity contribution in [2.45, 2.75) is 13.8 Å². The van der Waals surface area contributed by atoms with Crippen molar-refractivity contribution in [2.75, 3.05) is 0 Å². The lowest BCUT2D eigenvalue weighted by Crippen LogP contribution is -1.89. The molecule has 3 nitrogen and oxygen atoms in total. The molecule has 0 aliphatic carbocycles. The van der Waals surface area contributed by atoms with Gasteiger partial charge in [0.25, 0.3) is 0 Å². The minimum Gasteiger partial charge on any atom is -0.478 e. The fraction of sp³-hybridized carbons (Fsp3) is 0.118. The van der Waals surface area contributed by atoms with Crippen LogP contribution in [0.2, 0.25) is 5.02 Å². The third kappa shape index (κ3) is 4.10. The fourth-order valence-electron chi connectivity index (χ4n) is 1.92. The summed E-state index contributed by atoms with van der Waals surface area (Å²) < 4.78 is 5.78. The van der Waals surface area contributed by atoms with Crippen molar-refractivity contribution in [3.63, 3.8) is 0 Å². The van der Waals surface area contributed by atoms with E-state index in [2.05, 4.69) is 0 Å². The summed E-state index contributed by atoms with van der Waals surface area (Å²) in [5.74, 6) is 0.439. The van der Waals surface area contributed by atoms with Crippen molar-refractivity contribution in [3.05, 3.63) is 64.2 Å². The lowest BCUT2D eigenvalue weighted by atomic mass is 10.1. The third-order valence-electron chi connectivity index (χ3n) is 2.94. The van der Waals surface area contributed by atoms with E-state index in [0.717, 1.165) is 33.5 Å². The molecule has 1 N–H and O–H groups in total. The maximum atomic E-state index is 10.4. The topological polar surface area (TPSA) is 46.5 Å². The average molecular weight is 303 g/mol. The summed E-state index contributed by atoms with van der Waals surface area (Å²) in [7, 11) is 0. The number of aryl methyl sites for hydroxylation is 2. The zero-order valence-electron chi connectivity index (χ0n) is 11.8. The van der Waals surface area contributed by atoms with Crippen LogP contribution in [0.25, 0.3) is 6.08 Å². The van der Waals surface area contributed by atoms with Crippen molar-refractivity contribution < 1.29 is 14.6 Å². The number of carboxylic acid groups (broad SMARTS) is 1. The molecule has 0 amide bonds. The van der Waals surface area contributed by atoms with E-state index in [-0.39, 0.29) is 0 Å². The van der Waals surface area contributed by atoms with Crippen LogP contribution in [0.1, 0.15) is 16.7 Å². The Kier molecular flexibility index (Phi) is 4.66. The quantitative estimate of drug-likeness (QED) is 0.821. The molecule has 0 aliphatic heterocycles. The summed E-state index contributed by atoms with van der Waals surface area (Å²) in [5.41, 5.74) is 2.73. The molecule has 0 heterocycles. The van der Waals surface area contributed by atoms with Gasteiger partial charge in [0.1, 0.15) is 11.5 Å². The van der Waals surface area contributed by atoms with Gasteiger partial charge in [-0.15, -0.1) is 0 Å². The highest BCUT2D eigenvalue weighted by Crippen LogP contribution is 2.29. The molecule has 2 rings (SSSR count). The molecule has 0 aliphatic rings. The highest BCUT2D eigenvalue weighted by Gasteiger charge is 2.04. The highest BCUT2D eigenvalue weighted by atomic mass is 35.5. The predicted molar refractivity (Wildman–Crippen MR) is 84.1 cm³/mol. The molecule has 2 aromatic rings. The average Bonchev–Trinajstić information content (AvgIpc) is 2.44. The largest absolute Gasteiger partial charge is 0.478 e. The van der Waals surface area contributed by atoms with Crippen LogP contribution >= 0.6 is 11.6 Å². The van der Waals surface area contributed by atoms with E-state index < -0.39 is 5.97 Å². The van der Waals surface area contributed by atoms with Gasteiger partial charge in [-0.3, -0.25) is 0 Å². The van der Waals surface area contributed by atoms with Crippen molar-refractivity contribution >= 4 is 23.6 Å². The van der Waals surface area contributed by atoms with Gasteiger partial charge >= 0.3 is 5.97 Å². The summed E-state index contributed by atoms with van der Waals surface area (Å²) in [4.78, 5) is 10.4.